The standard InChI is InChI=1S/C40H35ClN4O7/c1-5-26-7-6-8-29(19-26)44-39-33-21-36(37(50-16-15-48-3)23-34(33)42-24-43-39)51-17-18-52-38(46)22-31-25(2)45(35-14-13-30(49-4)20-32(31)35)40(47)27-9-11-28(41)12-10-27/h1,6-14,19-21,23-24H,15-18,22H2,2-4H3,(H,42,43,44). The van der Waals surface area contributed by atoms with Crippen LogP contribution >= 0.6 is 11.6 Å². The van der Waals surface area contributed by atoms with Crippen molar-refractivity contribution < 1.29 is 33.3 Å². The Balaban J connectivity index is 1.19. The number of hydrogen-bond donors (Lipinski definition) is 1. The monoisotopic (exact) mass is 718 g/mol. The highest BCUT2D eigenvalue weighted by Gasteiger charge is 2.23. The van der Waals surface area contributed by atoms with Crippen molar-refractivity contribution >= 4 is 56.8 Å². The predicted molar refractivity (Wildman–Crippen MR) is 199 cm³/mol. The Morgan fingerprint density at radius 1 is 0.885 bits per heavy atom. The quantitative estimate of drug-likeness (QED) is 0.0705. The van der Waals surface area contributed by atoms with E-state index in [-0.39, 0.29) is 32.1 Å². The lowest BCUT2D eigenvalue weighted by Crippen LogP contribution is -2.16. The molecule has 4 aromatic carbocycles. The SMILES string of the molecule is C#Cc1cccc(Nc2ncnc3cc(OCCOC)c(OCCOC(=O)Cc4c(C)n(C(=O)c5ccc(Cl)cc5)c5ccc(OC)cc45)cc23)c1. The number of fused-ring (bicyclic) bond motifs is 2. The number of aromatic nitrogens is 3. The molecule has 0 aliphatic carbocycles. The van der Waals surface area contributed by atoms with Crippen LogP contribution in [0.2, 0.25) is 5.02 Å². The molecule has 2 aromatic heterocycles. The normalized spacial score (nSPS) is 10.9. The third-order valence-electron chi connectivity index (χ3n) is 8.30. The first kappa shape index (κ1) is 35.7. The lowest BCUT2D eigenvalue weighted by Gasteiger charge is -2.15. The first-order chi connectivity index (χ1) is 25.3. The number of nitrogens with one attached hydrogen (secondary N) is 1. The highest BCUT2D eigenvalue weighted by atomic mass is 35.5. The molecular weight excluding hydrogens is 684 g/mol. The fourth-order valence-electron chi connectivity index (χ4n) is 5.75. The van der Waals surface area contributed by atoms with Crippen LogP contribution in [-0.4, -0.2) is 67.1 Å². The second-order valence-corrected chi connectivity index (χ2v) is 12.0. The molecule has 264 valence electrons. The van der Waals surface area contributed by atoms with E-state index >= 15 is 0 Å². The molecule has 0 aliphatic rings. The summed E-state index contributed by atoms with van der Waals surface area (Å²) in [5.74, 6) is 3.87. The molecule has 0 unspecified atom stereocenters. The topological polar surface area (TPSA) is 123 Å². The van der Waals surface area contributed by atoms with Gasteiger partial charge in [0.2, 0.25) is 0 Å². The number of carbonyl (C=O) groups excluding carboxylic acids is 2. The number of anilines is 2. The maximum Gasteiger partial charge on any atom is 0.310 e. The first-order valence-corrected chi connectivity index (χ1v) is 16.7. The number of halogens is 1. The van der Waals surface area contributed by atoms with Gasteiger partial charge in [-0.3, -0.25) is 14.2 Å². The summed E-state index contributed by atoms with van der Waals surface area (Å²) in [6.07, 6.45) is 6.96. The third-order valence-corrected chi connectivity index (χ3v) is 8.55. The minimum atomic E-state index is -0.489. The molecule has 6 rings (SSSR count). The number of nitrogens with zero attached hydrogens (tertiary/aromatic N) is 3. The molecule has 0 spiro atoms. The number of terminal acetylenes is 1. The van der Waals surface area contributed by atoms with Crippen molar-refractivity contribution in [2.75, 3.05) is 46.0 Å². The molecule has 52 heavy (non-hydrogen) atoms. The van der Waals surface area contributed by atoms with E-state index in [4.69, 9.17) is 41.7 Å². The molecule has 12 heteroatoms. The van der Waals surface area contributed by atoms with E-state index in [1.54, 1.807) is 74.2 Å². The second-order valence-electron chi connectivity index (χ2n) is 11.6. The molecular formula is C40H35ClN4O7. The summed E-state index contributed by atoms with van der Waals surface area (Å²) in [6, 6.07) is 23.0. The molecule has 0 bridgehead atoms. The summed E-state index contributed by atoms with van der Waals surface area (Å²) in [7, 11) is 3.15. The number of ether oxygens (including phenoxy) is 5. The van der Waals surface area contributed by atoms with Gasteiger partial charge in [-0.15, -0.1) is 6.42 Å². The van der Waals surface area contributed by atoms with E-state index < -0.39 is 5.97 Å². The Hall–Kier alpha value is -6.09. The smallest absolute Gasteiger partial charge is 0.310 e. The van der Waals surface area contributed by atoms with Crippen molar-refractivity contribution in [3.8, 4) is 29.6 Å². The molecule has 0 saturated heterocycles. The van der Waals surface area contributed by atoms with Crippen LogP contribution in [0, 0.1) is 19.3 Å². The predicted octanol–water partition coefficient (Wildman–Crippen LogP) is 7.16. The van der Waals surface area contributed by atoms with Gasteiger partial charge in [0.25, 0.3) is 5.91 Å². The number of benzene rings is 4. The molecule has 0 aliphatic heterocycles. The summed E-state index contributed by atoms with van der Waals surface area (Å²) < 4.78 is 29.9. The number of hydrogen-bond acceptors (Lipinski definition) is 10. The Labute approximate surface area is 305 Å². The minimum absolute atomic E-state index is 0.0299. The van der Waals surface area contributed by atoms with Gasteiger partial charge in [0.05, 0.1) is 31.2 Å². The number of esters is 1. The summed E-state index contributed by atoms with van der Waals surface area (Å²) in [5.41, 5.74) is 4.47. The van der Waals surface area contributed by atoms with Crippen molar-refractivity contribution in [1.29, 1.82) is 0 Å². The zero-order valence-corrected chi connectivity index (χ0v) is 29.5. The Bertz CT molecular complexity index is 2300. The minimum Gasteiger partial charge on any atom is -0.497 e. The van der Waals surface area contributed by atoms with Crippen LogP contribution in [0.15, 0.2) is 85.2 Å². The molecule has 0 saturated carbocycles. The average molecular weight is 719 g/mol. The van der Waals surface area contributed by atoms with Gasteiger partial charge >= 0.3 is 5.97 Å². The Kier molecular flexibility index (Phi) is 11.2. The summed E-state index contributed by atoms with van der Waals surface area (Å²) >= 11 is 6.05. The van der Waals surface area contributed by atoms with Crippen LogP contribution in [0.1, 0.15) is 27.2 Å². The molecule has 1 N–H and O–H groups in total. The molecule has 6 aromatic rings. The average Bonchev–Trinajstić information content (AvgIpc) is 3.43. The molecule has 0 radical (unpaired) electrons. The van der Waals surface area contributed by atoms with E-state index in [1.165, 1.54) is 6.33 Å². The molecule has 11 nitrogen and oxygen atoms in total. The highest BCUT2D eigenvalue weighted by molar-refractivity contribution is 6.30. The number of rotatable bonds is 14. The van der Waals surface area contributed by atoms with Crippen LogP contribution < -0.4 is 19.5 Å². The highest BCUT2D eigenvalue weighted by Crippen LogP contribution is 2.35. The molecule has 0 amide bonds. The van der Waals surface area contributed by atoms with Crippen molar-refractivity contribution in [1.82, 2.24) is 14.5 Å². The van der Waals surface area contributed by atoms with Crippen LogP contribution in [-0.2, 0) is 20.7 Å². The molecule has 0 atom stereocenters. The van der Waals surface area contributed by atoms with Crippen LogP contribution in [0.3, 0.4) is 0 Å². The fourth-order valence-corrected chi connectivity index (χ4v) is 5.87. The van der Waals surface area contributed by atoms with E-state index in [0.29, 0.717) is 73.3 Å². The van der Waals surface area contributed by atoms with Gasteiger partial charge in [-0.1, -0.05) is 23.6 Å². The Morgan fingerprint density at radius 2 is 1.65 bits per heavy atom. The van der Waals surface area contributed by atoms with E-state index in [2.05, 4.69) is 21.2 Å². The maximum atomic E-state index is 13.6. The second kappa shape index (κ2) is 16.3. The van der Waals surface area contributed by atoms with Crippen LogP contribution in [0.4, 0.5) is 11.5 Å². The van der Waals surface area contributed by atoms with Gasteiger partial charge < -0.3 is 29.0 Å². The zero-order valence-electron chi connectivity index (χ0n) is 28.8. The van der Waals surface area contributed by atoms with Gasteiger partial charge in [0.15, 0.2) is 11.5 Å². The summed E-state index contributed by atoms with van der Waals surface area (Å²) in [4.78, 5) is 35.8. The fraction of sp³-hybridized carbons (Fsp3) is 0.200. The van der Waals surface area contributed by atoms with Gasteiger partial charge in [0.1, 0.15) is 37.7 Å². The molecule has 0 fully saturated rings. The first-order valence-electron chi connectivity index (χ1n) is 16.3. The lowest BCUT2D eigenvalue weighted by atomic mass is 10.1. The van der Waals surface area contributed by atoms with E-state index in [0.717, 1.165) is 11.3 Å². The van der Waals surface area contributed by atoms with Gasteiger partial charge in [0, 0.05) is 51.5 Å². The molecule has 2 heterocycles. The van der Waals surface area contributed by atoms with Crippen LogP contribution in [0.5, 0.6) is 17.2 Å². The summed E-state index contributed by atoms with van der Waals surface area (Å²) in [5, 5.41) is 5.21. The third kappa shape index (κ3) is 7.94. The van der Waals surface area contributed by atoms with Gasteiger partial charge in [-0.05, 0) is 79.2 Å². The van der Waals surface area contributed by atoms with Crippen molar-refractivity contribution in [3.63, 3.8) is 0 Å². The Morgan fingerprint density at radius 3 is 2.40 bits per heavy atom. The van der Waals surface area contributed by atoms with E-state index in [9.17, 15) is 9.59 Å². The lowest BCUT2D eigenvalue weighted by molar-refractivity contribution is -0.143. The van der Waals surface area contributed by atoms with E-state index in [1.807, 2.05) is 30.3 Å². The maximum absolute atomic E-state index is 13.6. The van der Waals surface area contributed by atoms with Gasteiger partial charge in [-0.25, -0.2) is 9.97 Å². The summed E-state index contributed by atoms with van der Waals surface area (Å²) in [6.45, 7) is 2.43. The van der Waals surface area contributed by atoms with Crippen LogP contribution in [0.25, 0.3) is 21.8 Å². The number of carbonyl (C=O) groups is 2. The van der Waals surface area contributed by atoms with Crippen molar-refractivity contribution in [2.45, 2.75) is 13.3 Å². The van der Waals surface area contributed by atoms with Crippen molar-refractivity contribution in [2.24, 2.45) is 0 Å². The van der Waals surface area contributed by atoms with Gasteiger partial charge in [-0.2, -0.15) is 0 Å². The largest absolute Gasteiger partial charge is 0.497 e. The number of methoxy groups -OCH3 is 2. The van der Waals surface area contributed by atoms with Crippen molar-refractivity contribution in [3.05, 3.63) is 113 Å². The zero-order chi connectivity index (χ0) is 36.6.